The first-order valence-corrected chi connectivity index (χ1v) is 6.95. The van der Waals surface area contributed by atoms with E-state index in [9.17, 15) is 18.0 Å². The van der Waals surface area contributed by atoms with E-state index < -0.39 is 17.5 Å². The van der Waals surface area contributed by atoms with Crippen molar-refractivity contribution in [3.63, 3.8) is 0 Å². The Kier molecular flexibility index (Phi) is 4.46. The van der Waals surface area contributed by atoms with E-state index in [4.69, 9.17) is 0 Å². The Morgan fingerprint density at radius 1 is 1.25 bits per heavy atom. The Morgan fingerprint density at radius 2 is 1.85 bits per heavy atom. The van der Waals surface area contributed by atoms with Gasteiger partial charge in [-0.25, -0.2) is 18.2 Å². The quantitative estimate of drug-likeness (QED) is 0.641. The van der Waals surface area contributed by atoms with E-state index in [0.29, 0.717) is 15.7 Å². The van der Waals surface area contributed by atoms with Crippen molar-refractivity contribution in [3.8, 4) is 11.4 Å². The highest BCUT2D eigenvalue weighted by Crippen LogP contribution is 2.21. The van der Waals surface area contributed by atoms with Crippen molar-refractivity contribution < 1.29 is 13.2 Å². The number of nitrogens with one attached hydrogen (secondary N) is 1. The SMILES string of the molecule is CCCc1nc(-c2cc(F)c(F)c(F)c2)[nH]c(=O)c1I. The van der Waals surface area contributed by atoms with Gasteiger partial charge >= 0.3 is 0 Å². The molecule has 1 N–H and O–H groups in total. The summed E-state index contributed by atoms with van der Waals surface area (Å²) in [6, 6.07) is 1.61. The Balaban J connectivity index is 2.61. The highest BCUT2D eigenvalue weighted by molar-refractivity contribution is 14.1. The largest absolute Gasteiger partial charge is 0.306 e. The Bertz CT molecular complexity index is 692. The molecule has 0 radical (unpaired) electrons. The van der Waals surface area contributed by atoms with Crippen LogP contribution in [0.2, 0.25) is 0 Å². The van der Waals surface area contributed by atoms with Crippen LogP contribution in [0.3, 0.4) is 0 Å². The minimum Gasteiger partial charge on any atom is -0.306 e. The fourth-order valence-electron chi connectivity index (χ4n) is 1.74. The highest BCUT2D eigenvalue weighted by Gasteiger charge is 2.15. The van der Waals surface area contributed by atoms with Gasteiger partial charge in [0.25, 0.3) is 5.56 Å². The number of rotatable bonds is 3. The molecule has 7 heteroatoms. The number of benzene rings is 1. The summed E-state index contributed by atoms with van der Waals surface area (Å²) in [5, 5.41) is 0. The lowest BCUT2D eigenvalue weighted by Crippen LogP contribution is -2.16. The van der Waals surface area contributed by atoms with Crippen LogP contribution in [0.5, 0.6) is 0 Å². The molecular formula is C13H10F3IN2O. The van der Waals surface area contributed by atoms with E-state index in [-0.39, 0.29) is 16.9 Å². The van der Waals surface area contributed by atoms with Crippen LogP contribution >= 0.6 is 22.6 Å². The third-order valence-corrected chi connectivity index (χ3v) is 3.79. The van der Waals surface area contributed by atoms with E-state index in [1.54, 1.807) is 0 Å². The fraction of sp³-hybridized carbons (Fsp3) is 0.231. The maximum absolute atomic E-state index is 13.2. The molecule has 1 aromatic carbocycles. The molecule has 0 saturated carbocycles. The summed E-state index contributed by atoms with van der Waals surface area (Å²) in [6.45, 7) is 1.93. The third kappa shape index (κ3) is 2.87. The molecule has 0 bridgehead atoms. The number of nitrogens with zero attached hydrogens (tertiary/aromatic N) is 1. The van der Waals surface area contributed by atoms with Gasteiger partial charge in [0.1, 0.15) is 5.82 Å². The van der Waals surface area contributed by atoms with Crippen molar-refractivity contribution in [1.29, 1.82) is 0 Å². The van der Waals surface area contributed by atoms with Crippen LogP contribution in [-0.2, 0) is 6.42 Å². The van der Waals surface area contributed by atoms with Crippen LogP contribution in [0, 0.1) is 21.0 Å². The van der Waals surface area contributed by atoms with Crippen molar-refractivity contribution in [2.45, 2.75) is 19.8 Å². The van der Waals surface area contributed by atoms with Crippen LogP contribution in [0.15, 0.2) is 16.9 Å². The third-order valence-electron chi connectivity index (χ3n) is 2.68. The number of hydrogen-bond acceptors (Lipinski definition) is 2. The van der Waals surface area contributed by atoms with E-state index in [0.717, 1.165) is 18.6 Å². The standard InChI is InChI=1S/C13H10F3IN2O/c1-2-3-9-11(17)13(20)19-12(18-9)6-4-7(14)10(16)8(15)5-6/h4-5H,2-3H2,1H3,(H,18,19,20). The molecule has 0 aliphatic rings. The first kappa shape index (κ1) is 15.0. The minimum atomic E-state index is -1.55. The van der Waals surface area contributed by atoms with E-state index in [1.807, 2.05) is 29.5 Å². The van der Waals surface area contributed by atoms with Crippen LogP contribution in [-0.4, -0.2) is 9.97 Å². The molecule has 106 valence electrons. The summed E-state index contributed by atoms with van der Waals surface area (Å²) in [7, 11) is 0. The van der Waals surface area contributed by atoms with Gasteiger partial charge in [-0.05, 0) is 41.1 Å². The average Bonchev–Trinajstić information content (AvgIpc) is 2.40. The van der Waals surface area contributed by atoms with Gasteiger partial charge in [0, 0.05) is 5.56 Å². The molecule has 3 nitrogen and oxygen atoms in total. The van der Waals surface area contributed by atoms with Crippen LogP contribution < -0.4 is 5.56 Å². The molecule has 0 aliphatic carbocycles. The number of aromatic amines is 1. The second-order valence-electron chi connectivity index (χ2n) is 4.18. The van der Waals surface area contributed by atoms with Gasteiger partial charge in [-0.15, -0.1) is 0 Å². The van der Waals surface area contributed by atoms with Crippen molar-refractivity contribution in [2.24, 2.45) is 0 Å². The monoisotopic (exact) mass is 394 g/mol. The van der Waals surface area contributed by atoms with Gasteiger partial charge in [-0.1, -0.05) is 13.3 Å². The number of aryl methyl sites for hydroxylation is 1. The molecule has 0 spiro atoms. The molecule has 0 fully saturated rings. The van der Waals surface area contributed by atoms with Gasteiger partial charge in [0.15, 0.2) is 17.5 Å². The van der Waals surface area contributed by atoms with Crippen LogP contribution in [0.25, 0.3) is 11.4 Å². The summed E-state index contributed by atoms with van der Waals surface area (Å²) >= 11 is 1.87. The van der Waals surface area contributed by atoms with E-state index >= 15 is 0 Å². The lowest BCUT2D eigenvalue weighted by molar-refractivity contribution is 0.447. The van der Waals surface area contributed by atoms with Crippen LogP contribution in [0.4, 0.5) is 13.2 Å². The van der Waals surface area contributed by atoms with E-state index in [2.05, 4.69) is 9.97 Å². The maximum atomic E-state index is 13.2. The van der Waals surface area contributed by atoms with Gasteiger partial charge in [0.2, 0.25) is 0 Å². The molecule has 1 aromatic heterocycles. The van der Waals surface area contributed by atoms with Gasteiger partial charge in [-0.2, -0.15) is 0 Å². The lowest BCUT2D eigenvalue weighted by Gasteiger charge is -2.07. The number of aromatic nitrogens is 2. The van der Waals surface area contributed by atoms with Gasteiger partial charge in [0.05, 0.1) is 9.26 Å². The first-order chi connectivity index (χ1) is 9.43. The molecule has 0 unspecified atom stereocenters. The fourth-order valence-corrected chi connectivity index (χ4v) is 2.26. The molecule has 0 saturated heterocycles. The highest BCUT2D eigenvalue weighted by atomic mass is 127. The zero-order valence-corrected chi connectivity index (χ0v) is 12.6. The summed E-state index contributed by atoms with van der Waals surface area (Å²) in [4.78, 5) is 18.4. The van der Waals surface area contributed by atoms with Crippen molar-refractivity contribution in [3.05, 3.63) is 49.2 Å². The minimum absolute atomic E-state index is 0.00717. The van der Waals surface area contributed by atoms with Gasteiger partial charge < -0.3 is 4.98 Å². The molecule has 20 heavy (non-hydrogen) atoms. The predicted octanol–water partition coefficient (Wildman–Crippen LogP) is 3.41. The Morgan fingerprint density at radius 3 is 2.40 bits per heavy atom. The number of hydrogen-bond donors (Lipinski definition) is 1. The smallest absolute Gasteiger partial charge is 0.264 e. The molecule has 0 aliphatic heterocycles. The lowest BCUT2D eigenvalue weighted by atomic mass is 10.1. The summed E-state index contributed by atoms with van der Waals surface area (Å²) < 4.78 is 39.8. The van der Waals surface area contributed by atoms with Crippen molar-refractivity contribution >= 4 is 22.6 Å². The zero-order valence-electron chi connectivity index (χ0n) is 10.4. The predicted molar refractivity (Wildman–Crippen MR) is 76.9 cm³/mol. The average molecular weight is 394 g/mol. The number of H-pyrrole nitrogens is 1. The zero-order chi connectivity index (χ0) is 14.9. The molecule has 1 heterocycles. The number of halogens is 4. The van der Waals surface area contributed by atoms with Gasteiger partial charge in [-0.3, -0.25) is 4.79 Å². The summed E-state index contributed by atoms with van der Waals surface area (Å²) in [6.07, 6.45) is 1.35. The molecule has 0 atom stereocenters. The molecule has 2 aromatic rings. The topological polar surface area (TPSA) is 45.8 Å². The van der Waals surface area contributed by atoms with Crippen molar-refractivity contribution in [1.82, 2.24) is 9.97 Å². The Hall–Kier alpha value is -1.38. The first-order valence-electron chi connectivity index (χ1n) is 5.87. The summed E-state index contributed by atoms with van der Waals surface area (Å²) in [5.41, 5.74) is 0.161. The second kappa shape index (κ2) is 5.94. The Labute approximate surface area is 126 Å². The van der Waals surface area contributed by atoms with E-state index in [1.165, 1.54) is 0 Å². The van der Waals surface area contributed by atoms with Crippen LogP contribution in [0.1, 0.15) is 19.0 Å². The van der Waals surface area contributed by atoms with Crippen molar-refractivity contribution in [2.75, 3.05) is 0 Å². The summed E-state index contributed by atoms with van der Waals surface area (Å²) in [5.74, 6) is -4.16. The molecule has 0 amide bonds. The molecular weight excluding hydrogens is 384 g/mol. The maximum Gasteiger partial charge on any atom is 0.264 e. The second-order valence-corrected chi connectivity index (χ2v) is 5.26. The normalized spacial score (nSPS) is 10.8. The molecule has 2 rings (SSSR count).